The van der Waals surface area contributed by atoms with Gasteiger partial charge >= 0.3 is 0 Å². The van der Waals surface area contributed by atoms with Crippen LogP contribution >= 0.6 is 0 Å². The molecule has 6 heteroatoms. The number of carbonyl (C=O) groups excluding carboxylic acids is 1. The van der Waals surface area contributed by atoms with E-state index in [1.165, 1.54) is 5.56 Å². The van der Waals surface area contributed by atoms with E-state index in [-0.39, 0.29) is 11.9 Å². The average Bonchev–Trinajstić information content (AvgIpc) is 3.29. The molecular weight excluding hydrogens is 376 g/mol. The molecule has 0 radical (unpaired) electrons. The number of methoxy groups -OCH3 is 1. The molecule has 0 saturated carbocycles. The lowest BCUT2D eigenvalue weighted by Gasteiger charge is -2.32. The summed E-state index contributed by atoms with van der Waals surface area (Å²) in [5.41, 5.74) is 3.27. The highest BCUT2D eigenvalue weighted by atomic mass is 16.5. The molecule has 1 fully saturated rings. The van der Waals surface area contributed by atoms with Crippen LogP contribution in [-0.2, 0) is 11.2 Å². The van der Waals surface area contributed by atoms with Gasteiger partial charge in [0.05, 0.1) is 12.8 Å². The first kappa shape index (κ1) is 20.0. The second kappa shape index (κ2) is 9.48. The summed E-state index contributed by atoms with van der Waals surface area (Å²) in [7, 11) is 1.67. The molecule has 2 N–H and O–H groups in total. The minimum Gasteiger partial charge on any atom is -0.497 e. The number of piperidine rings is 1. The normalized spacial score (nSPS) is 14.5. The van der Waals surface area contributed by atoms with Crippen molar-refractivity contribution in [3.63, 3.8) is 0 Å². The first-order chi connectivity index (χ1) is 14.7. The summed E-state index contributed by atoms with van der Waals surface area (Å²) in [4.78, 5) is 14.6. The van der Waals surface area contributed by atoms with Crippen molar-refractivity contribution >= 4 is 11.7 Å². The van der Waals surface area contributed by atoms with Crippen LogP contribution in [-0.4, -0.2) is 42.3 Å². The van der Waals surface area contributed by atoms with Crippen LogP contribution in [0.5, 0.6) is 5.75 Å². The summed E-state index contributed by atoms with van der Waals surface area (Å²) in [6, 6.07) is 20.4. The fourth-order valence-electron chi connectivity index (χ4n) is 3.85. The van der Waals surface area contributed by atoms with E-state index < -0.39 is 0 Å². The highest BCUT2D eigenvalue weighted by Gasteiger charge is 2.22. The van der Waals surface area contributed by atoms with Gasteiger partial charge in [0.2, 0.25) is 5.91 Å². The molecule has 30 heavy (non-hydrogen) atoms. The number of hydrogen-bond donors (Lipinski definition) is 2. The van der Waals surface area contributed by atoms with Crippen LogP contribution in [0.25, 0.3) is 11.3 Å². The number of rotatable bonds is 7. The van der Waals surface area contributed by atoms with E-state index in [1.807, 2.05) is 42.5 Å². The second-order valence-electron chi connectivity index (χ2n) is 7.68. The zero-order valence-corrected chi connectivity index (χ0v) is 17.3. The van der Waals surface area contributed by atoms with Crippen LogP contribution in [0.1, 0.15) is 24.8 Å². The third-order valence-electron chi connectivity index (χ3n) is 5.63. The second-order valence-corrected chi connectivity index (χ2v) is 7.68. The summed E-state index contributed by atoms with van der Waals surface area (Å²) in [6.45, 7) is 1.77. The summed E-state index contributed by atoms with van der Waals surface area (Å²) < 4.78 is 5.22. The molecule has 0 unspecified atom stereocenters. The van der Waals surface area contributed by atoms with Crippen molar-refractivity contribution < 1.29 is 9.53 Å². The number of nitrogens with zero attached hydrogens (tertiary/aromatic N) is 2. The zero-order valence-electron chi connectivity index (χ0n) is 17.3. The SMILES string of the molecule is COc1ccc(-c2cc(N3CCC(NC(=O)CCc4ccccc4)CC3)n[nH]2)cc1. The Morgan fingerprint density at radius 3 is 2.57 bits per heavy atom. The molecular formula is C24H28N4O2. The molecule has 1 saturated heterocycles. The molecule has 1 aliphatic rings. The van der Waals surface area contributed by atoms with E-state index in [2.05, 4.69) is 38.6 Å². The lowest BCUT2D eigenvalue weighted by molar-refractivity contribution is -0.121. The molecule has 0 bridgehead atoms. The molecule has 0 aliphatic carbocycles. The Morgan fingerprint density at radius 2 is 1.87 bits per heavy atom. The van der Waals surface area contributed by atoms with E-state index in [0.29, 0.717) is 6.42 Å². The van der Waals surface area contributed by atoms with E-state index in [1.54, 1.807) is 7.11 Å². The van der Waals surface area contributed by atoms with Gasteiger partial charge in [0.15, 0.2) is 5.82 Å². The monoisotopic (exact) mass is 404 g/mol. The van der Waals surface area contributed by atoms with Gasteiger partial charge in [0.1, 0.15) is 5.75 Å². The Labute approximate surface area is 177 Å². The molecule has 156 valence electrons. The van der Waals surface area contributed by atoms with Gasteiger partial charge < -0.3 is 15.0 Å². The number of carbonyl (C=O) groups is 1. The molecule has 1 aromatic heterocycles. The molecule has 1 amide bonds. The maximum atomic E-state index is 12.3. The third kappa shape index (κ3) is 5.00. The van der Waals surface area contributed by atoms with Gasteiger partial charge in [0.25, 0.3) is 0 Å². The number of ether oxygens (including phenoxy) is 1. The first-order valence-corrected chi connectivity index (χ1v) is 10.5. The lowest BCUT2D eigenvalue weighted by atomic mass is 10.0. The standard InChI is InChI=1S/C24H28N4O2/c1-30-21-10-8-19(9-11-21)22-17-23(27-26-22)28-15-13-20(14-16-28)25-24(29)12-7-18-5-3-2-4-6-18/h2-6,8-11,17,20H,7,12-16H2,1H3,(H,25,29)(H,26,27). The summed E-state index contributed by atoms with van der Waals surface area (Å²) in [5, 5.41) is 10.8. The van der Waals surface area contributed by atoms with Crippen molar-refractivity contribution in [3.05, 3.63) is 66.2 Å². The molecule has 0 atom stereocenters. The topological polar surface area (TPSA) is 70.2 Å². The van der Waals surface area contributed by atoms with Gasteiger partial charge in [-0.15, -0.1) is 0 Å². The van der Waals surface area contributed by atoms with E-state index in [0.717, 1.165) is 55.2 Å². The van der Waals surface area contributed by atoms with Crippen molar-refractivity contribution in [2.24, 2.45) is 0 Å². The van der Waals surface area contributed by atoms with Crippen molar-refractivity contribution in [1.29, 1.82) is 0 Å². The molecule has 3 aromatic rings. The molecule has 2 heterocycles. The van der Waals surface area contributed by atoms with Crippen LogP contribution in [0.4, 0.5) is 5.82 Å². The number of hydrogen-bond acceptors (Lipinski definition) is 4. The van der Waals surface area contributed by atoms with Gasteiger partial charge in [-0.2, -0.15) is 5.10 Å². The number of aromatic nitrogens is 2. The fraction of sp³-hybridized carbons (Fsp3) is 0.333. The Kier molecular flexibility index (Phi) is 6.32. The maximum Gasteiger partial charge on any atom is 0.220 e. The summed E-state index contributed by atoms with van der Waals surface area (Å²) >= 11 is 0. The Bertz CT molecular complexity index is 945. The van der Waals surface area contributed by atoms with Crippen LogP contribution in [0.2, 0.25) is 0 Å². The fourth-order valence-corrected chi connectivity index (χ4v) is 3.85. The van der Waals surface area contributed by atoms with E-state index in [9.17, 15) is 4.79 Å². The van der Waals surface area contributed by atoms with Crippen LogP contribution < -0.4 is 15.0 Å². The predicted octanol–water partition coefficient (Wildman–Crippen LogP) is 3.80. The quantitative estimate of drug-likeness (QED) is 0.628. The predicted molar refractivity (Wildman–Crippen MR) is 119 cm³/mol. The highest BCUT2D eigenvalue weighted by molar-refractivity contribution is 5.76. The van der Waals surface area contributed by atoms with Crippen molar-refractivity contribution in [3.8, 4) is 17.0 Å². The van der Waals surface area contributed by atoms with Crippen molar-refractivity contribution in [2.75, 3.05) is 25.1 Å². The van der Waals surface area contributed by atoms with Gasteiger partial charge in [-0.05, 0) is 54.7 Å². The largest absolute Gasteiger partial charge is 0.497 e. The molecule has 2 aromatic carbocycles. The third-order valence-corrected chi connectivity index (χ3v) is 5.63. The van der Waals surface area contributed by atoms with E-state index in [4.69, 9.17) is 4.74 Å². The van der Waals surface area contributed by atoms with Crippen molar-refractivity contribution in [1.82, 2.24) is 15.5 Å². The smallest absolute Gasteiger partial charge is 0.220 e. The van der Waals surface area contributed by atoms with E-state index >= 15 is 0 Å². The van der Waals surface area contributed by atoms with Crippen molar-refractivity contribution in [2.45, 2.75) is 31.7 Å². The lowest BCUT2D eigenvalue weighted by Crippen LogP contribution is -2.44. The van der Waals surface area contributed by atoms with Gasteiger partial charge in [-0.25, -0.2) is 0 Å². The molecule has 1 aliphatic heterocycles. The number of nitrogens with one attached hydrogen (secondary N) is 2. The Hall–Kier alpha value is -3.28. The Morgan fingerprint density at radius 1 is 1.13 bits per heavy atom. The Balaban J connectivity index is 1.25. The number of benzene rings is 2. The highest BCUT2D eigenvalue weighted by Crippen LogP contribution is 2.25. The van der Waals surface area contributed by atoms with Crippen LogP contribution in [0, 0.1) is 0 Å². The maximum absolute atomic E-state index is 12.3. The van der Waals surface area contributed by atoms with Gasteiger partial charge in [-0.3, -0.25) is 9.89 Å². The number of amides is 1. The minimum atomic E-state index is 0.138. The summed E-state index contributed by atoms with van der Waals surface area (Å²) in [5.74, 6) is 1.93. The molecule has 0 spiro atoms. The van der Waals surface area contributed by atoms with Gasteiger partial charge in [-0.1, -0.05) is 30.3 Å². The zero-order chi connectivity index (χ0) is 20.8. The number of H-pyrrole nitrogens is 1. The van der Waals surface area contributed by atoms with Crippen LogP contribution in [0.15, 0.2) is 60.7 Å². The first-order valence-electron chi connectivity index (χ1n) is 10.5. The molecule has 4 rings (SSSR count). The number of aromatic amines is 1. The molecule has 6 nitrogen and oxygen atoms in total. The average molecular weight is 405 g/mol. The number of anilines is 1. The van der Waals surface area contributed by atoms with Gasteiger partial charge in [0, 0.05) is 31.6 Å². The summed E-state index contributed by atoms with van der Waals surface area (Å²) in [6.07, 6.45) is 3.19. The van der Waals surface area contributed by atoms with Crippen LogP contribution in [0.3, 0.4) is 0 Å². The number of aryl methyl sites for hydroxylation is 1. The minimum absolute atomic E-state index is 0.138.